The number of amides is 1. The summed E-state index contributed by atoms with van der Waals surface area (Å²) in [5, 5.41) is 9.65. The van der Waals surface area contributed by atoms with Crippen LogP contribution in [0, 0.1) is 0 Å². The zero-order valence-electron chi connectivity index (χ0n) is 15.4. The Morgan fingerprint density at radius 1 is 1.21 bits per heavy atom. The van der Waals surface area contributed by atoms with Gasteiger partial charge in [-0.05, 0) is 49.0 Å². The van der Waals surface area contributed by atoms with Gasteiger partial charge in [-0.25, -0.2) is 0 Å². The molecule has 1 saturated heterocycles. The number of benzene rings is 1. The molecule has 0 radical (unpaired) electrons. The lowest BCUT2D eigenvalue weighted by atomic mass is 10.0. The number of halogens is 1. The largest absolute Gasteiger partial charge is 0.355 e. The van der Waals surface area contributed by atoms with Gasteiger partial charge in [0.15, 0.2) is 11.5 Å². The molecule has 0 saturated carbocycles. The molecule has 2 aromatic heterocycles. The molecule has 0 unspecified atom stereocenters. The Bertz CT molecular complexity index is 919. The Kier molecular flexibility index (Phi) is 6.10. The second-order valence-corrected chi connectivity index (χ2v) is 8.25. The van der Waals surface area contributed by atoms with Crippen molar-refractivity contribution in [3.63, 3.8) is 0 Å². The van der Waals surface area contributed by atoms with E-state index in [-0.39, 0.29) is 11.9 Å². The number of hydrogen-bond donors (Lipinski definition) is 1. The minimum atomic E-state index is -0.236. The van der Waals surface area contributed by atoms with Crippen LogP contribution in [0.2, 0.25) is 5.02 Å². The highest BCUT2D eigenvalue weighted by molar-refractivity contribution is 7.13. The molecule has 5 nitrogen and oxygen atoms in total. The van der Waals surface area contributed by atoms with Gasteiger partial charge in [0.2, 0.25) is 0 Å². The van der Waals surface area contributed by atoms with Gasteiger partial charge in [0.25, 0.3) is 5.91 Å². The van der Waals surface area contributed by atoms with Crippen LogP contribution in [0.1, 0.15) is 41.4 Å². The SMILES string of the molecule is O=C(NC[C@@H](c1ccccc1Cl)N1CCCCC1)c1cc(-c2cccs2)on1. The van der Waals surface area contributed by atoms with E-state index in [1.54, 1.807) is 17.4 Å². The van der Waals surface area contributed by atoms with Crippen molar-refractivity contribution < 1.29 is 9.32 Å². The number of nitrogens with one attached hydrogen (secondary N) is 1. The minimum absolute atomic E-state index is 0.0432. The third kappa shape index (κ3) is 4.29. The predicted octanol–water partition coefficient (Wildman–Crippen LogP) is 5.01. The number of rotatable bonds is 6. The molecule has 146 valence electrons. The zero-order valence-corrected chi connectivity index (χ0v) is 17.0. The Labute approximate surface area is 173 Å². The highest BCUT2D eigenvalue weighted by atomic mass is 35.5. The Morgan fingerprint density at radius 3 is 2.79 bits per heavy atom. The van der Waals surface area contributed by atoms with Gasteiger partial charge >= 0.3 is 0 Å². The Balaban J connectivity index is 1.48. The Hall–Kier alpha value is -2.15. The molecule has 1 aromatic carbocycles. The Morgan fingerprint density at radius 2 is 2.04 bits per heavy atom. The zero-order chi connectivity index (χ0) is 19.3. The lowest BCUT2D eigenvalue weighted by Gasteiger charge is -2.35. The molecule has 3 aromatic rings. The van der Waals surface area contributed by atoms with Crippen LogP contribution < -0.4 is 5.32 Å². The average Bonchev–Trinajstić information content (AvgIpc) is 3.42. The number of nitrogens with zero attached hydrogens (tertiary/aromatic N) is 2. The standard InChI is InChI=1S/C21H22ClN3O2S/c22-16-8-3-2-7-15(16)18(25-10-4-1-5-11-25)14-23-21(26)17-13-19(27-24-17)20-9-6-12-28-20/h2-3,6-9,12-13,18H,1,4-5,10-11,14H2,(H,23,26)/t18-/m0/s1. The maximum Gasteiger partial charge on any atom is 0.273 e. The molecule has 3 heterocycles. The highest BCUT2D eigenvalue weighted by Crippen LogP contribution is 2.30. The molecule has 1 atom stereocenters. The number of carbonyl (C=O) groups is 1. The van der Waals surface area contributed by atoms with Crippen molar-refractivity contribution in [2.75, 3.05) is 19.6 Å². The van der Waals surface area contributed by atoms with Crippen molar-refractivity contribution >= 4 is 28.8 Å². The van der Waals surface area contributed by atoms with Crippen LogP contribution in [-0.2, 0) is 0 Å². The highest BCUT2D eigenvalue weighted by Gasteiger charge is 2.25. The summed E-state index contributed by atoms with van der Waals surface area (Å²) in [6.07, 6.45) is 3.59. The van der Waals surface area contributed by atoms with Gasteiger partial charge in [0, 0.05) is 17.6 Å². The number of thiophene rings is 1. The van der Waals surface area contributed by atoms with Crippen molar-refractivity contribution in [3.05, 3.63) is 64.1 Å². The first-order valence-corrected chi connectivity index (χ1v) is 10.8. The second kappa shape index (κ2) is 8.90. The summed E-state index contributed by atoms with van der Waals surface area (Å²) in [6, 6.07) is 13.5. The number of aromatic nitrogens is 1. The van der Waals surface area contributed by atoms with Crippen LogP contribution in [0.4, 0.5) is 0 Å². The van der Waals surface area contributed by atoms with Crippen LogP contribution in [-0.4, -0.2) is 35.6 Å². The monoisotopic (exact) mass is 415 g/mol. The van der Waals surface area contributed by atoms with Crippen molar-refractivity contribution in [2.45, 2.75) is 25.3 Å². The lowest BCUT2D eigenvalue weighted by molar-refractivity contribution is 0.0915. The van der Waals surface area contributed by atoms with E-state index in [0.717, 1.165) is 28.6 Å². The summed E-state index contributed by atoms with van der Waals surface area (Å²) >= 11 is 8.02. The summed E-state index contributed by atoms with van der Waals surface area (Å²) in [5.41, 5.74) is 1.34. The summed E-state index contributed by atoms with van der Waals surface area (Å²) in [7, 11) is 0. The molecule has 0 spiro atoms. The maximum atomic E-state index is 12.6. The van der Waals surface area contributed by atoms with Crippen molar-refractivity contribution in [1.29, 1.82) is 0 Å². The van der Waals surface area contributed by atoms with Crippen LogP contribution in [0.15, 0.2) is 52.4 Å². The van der Waals surface area contributed by atoms with Crippen LogP contribution in [0.3, 0.4) is 0 Å². The quantitative estimate of drug-likeness (QED) is 0.614. The predicted molar refractivity (Wildman–Crippen MR) is 112 cm³/mol. The van der Waals surface area contributed by atoms with Gasteiger partial charge in [-0.15, -0.1) is 11.3 Å². The third-order valence-electron chi connectivity index (χ3n) is 5.06. The van der Waals surface area contributed by atoms with Crippen LogP contribution in [0.5, 0.6) is 0 Å². The van der Waals surface area contributed by atoms with E-state index in [0.29, 0.717) is 18.0 Å². The fourth-order valence-electron chi connectivity index (χ4n) is 3.61. The smallest absolute Gasteiger partial charge is 0.273 e. The molecule has 1 aliphatic rings. The van der Waals surface area contributed by atoms with Gasteiger partial charge in [0.05, 0.1) is 10.9 Å². The van der Waals surface area contributed by atoms with E-state index in [2.05, 4.69) is 15.4 Å². The lowest BCUT2D eigenvalue weighted by Crippen LogP contribution is -2.40. The summed E-state index contributed by atoms with van der Waals surface area (Å²) < 4.78 is 5.33. The molecule has 1 fully saturated rings. The van der Waals surface area contributed by atoms with Gasteiger partial charge in [0.1, 0.15) is 0 Å². The number of piperidine rings is 1. The van der Waals surface area contributed by atoms with E-state index in [1.165, 1.54) is 19.3 Å². The molecule has 1 aliphatic heterocycles. The number of likely N-dealkylation sites (tertiary alicyclic amines) is 1. The van der Waals surface area contributed by atoms with Gasteiger partial charge in [-0.1, -0.05) is 47.4 Å². The van der Waals surface area contributed by atoms with Crippen LogP contribution in [0.25, 0.3) is 10.6 Å². The maximum absolute atomic E-state index is 12.6. The van der Waals surface area contributed by atoms with Crippen molar-refractivity contribution in [3.8, 4) is 10.6 Å². The van der Waals surface area contributed by atoms with Crippen LogP contribution >= 0.6 is 22.9 Å². The molecule has 28 heavy (non-hydrogen) atoms. The number of hydrogen-bond acceptors (Lipinski definition) is 5. The summed E-state index contributed by atoms with van der Waals surface area (Å²) in [4.78, 5) is 16.0. The van der Waals surface area contributed by atoms with E-state index >= 15 is 0 Å². The normalized spacial score (nSPS) is 16.0. The van der Waals surface area contributed by atoms with E-state index in [4.69, 9.17) is 16.1 Å². The molecule has 4 rings (SSSR count). The summed E-state index contributed by atoms with van der Waals surface area (Å²) in [5.74, 6) is 0.374. The minimum Gasteiger partial charge on any atom is -0.355 e. The van der Waals surface area contributed by atoms with Gasteiger partial charge in [-0.2, -0.15) is 0 Å². The topological polar surface area (TPSA) is 58.4 Å². The van der Waals surface area contributed by atoms with Crippen molar-refractivity contribution in [2.24, 2.45) is 0 Å². The third-order valence-corrected chi connectivity index (χ3v) is 6.29. The second-order valence-electron chi connectivity index (χ2n) is 6.90. The molecular formula is C21H22ClN3O2S. The van der Waals surface area contributed by atoms with E-state index in [1.807, 2.05) is 41.8 Å². The molecule has 1 N–H and O–H groups in total. The fourth-order valence-corrected chi connectivity index (χ4v) is 4.54. The average molecular weight is 416 g/mol. The summed E-state index contributed by atoms with van der Waals surface area (Å²) in [6.45, 7) is 2.50. The first kappa shape index (κ1) is 19.2. The molecule has 7 heteroatoms. The first-order valence-electron chi connectivity index (χ1n) is 9.49. The fraction of sp³-hybridized carbons (Fsp3) is 0.333. The molecule has 0 aliphatic carbocycles. The first-order chi connectivity index (χ1) is 13.7. The van der Waals surface area contributed by atoms with E-state index in [9.17, 15) is 4.79 Å². The molecule has 0 bridgehead atoms. The van der Waals surface area contributed by atoms with Crippen molar-refractivity contribution in [1.82, 2.24) is 15.4 Å². The van der Waals surface area contributed by atoms with Gasteiger partial charge in [-0.3, -0.25) is 9.69 Å². The van der Waals surface area contributed by atoms with E-state index < -0.39 is 0 Å². The van der Waals surface area contributed by atoms with Gasteiger partial charge < -0.3 is 9.84 Å². The number of carbonyl (C=O) groups excluding carboxylic acids is 1. The molecule has 1 amide bonds. The molecular weight excluding hydrogens is 394 g/mol.